The predicted molar refractivity (Wildman–Crippen MR) is 101 cm³/mol. The maximum absolute atomic E-state index is 12.4. The molecule has 1 N–H and O–H groups in total. The van der Waals surface area contributed by atoms with Crippen LogP contribution < -0.4 is 5.32 Å². The summed E-state index contributed by atoms with van der Waals surface area (Å²) in [4.78, 5) is 20.8. The van der Waals surface area contributed by atoms with Crippen LogP contribution in [0.1, 0.15) is 11.3 Å². The zero-order valence-corrected chi connectivity index (χ0v) is 15.5. The maximum Gasteiger partial charge on any atom is 0.321 e. The Morgan fingerprint density at radius 3 is 2.60 bits per heavy atom. The van der Waals surface area contributed by atoms with Gasteiger partial charge in [0, 0.05) is 49.6 Å². The SMILES string of the molecule is Cc1ccc(NC(=O)N2CCN(Cc3ncccc3Cl)CC2)cc1Cl. The molecule has 5 nitrogen and oxygen atoms in total. The Bertz CT molecular complexity index is 760. The molecule has 0 aliphatic carbocycles. The molecule has 2 amide bonds. The molecule has 1 aliphatic rings. The second-order valence-corrected chi connectivity index (χ2v) is 6.90. The van der Waals surface area contributed by atoms with E-state index in [-0.39, 0.29) is 6.03 Å². The number of nitrogens with zero attached hydrogens (tertiary/aromatic N) is 3. The Balaban J connectivity index is 1.52. The number of amides is 2. The quantitative estimate of drug-likeness (QED) is 0.876. The Morgan fingerprint density at radius 1 is 1.16 bits per heavy atom. The van der Waals surface area contributed by atoms with Crippen molar-refractivity contribution in [1.29, 1.82) is 0 Å². The molecule has 132 valence electrons. The van der Waals surface area contributed by atoms with Crippen molar-refractivity contribution in [3.63, 3.8) is 0 Å². The first-order valence-electron chi connectivity index (χ1n) is 8.17. The molecule has 1 aromatic heterocycles. The van der Waals surface area contributed by atoms with Gasteiger partial charge >= 0.3 is 6.03 Å². The highest BCUT2D eigenvalue weighted by atomic mass is 35.5. The Kier molecular flexibility index (Phi) is 5.78. The molecule has 0 atom stereocenters. The molecule has 0 unspecified atom stereocenters. The molecule has 0 radical (unpaired) electrons. The lowest BCUT2D eigenvalue weighted by molar-refractivity contribution is 0.142. The summed E-state index contributed by atoms with van der Waals surface area (Å²) in [6.45, 7) is 5.53. The number of halogens is 2. The molecule has 25 heavy (non-hydrogen) atoms. The molecule has 0 bridgehead atoms. The molecular formula is C18H20Cl2N4O. The Morgan fingerprint density at radius 2 is 1.92 bits per heavy atom. The van der Waals surface area contributed by atoms with Gasteiger partial charge in [0.05, 0.1) is 10.7 Å². The van der Waals surface area contributed by atoms with Gasteiger partial charge in [-0.1, -0.05) is 29.3 Å². The average Bonchev–Trinajstić information content (AvgIpc) is 2.61. The number of pyridine rings is 1. The smallest absolute Gasteiger partial charge is 0.321 e. The van der Waals surface area contributed by atoms with Gasteiger partial charge < -0.3 is 10.2 Å². The van der Waals surface area contributed by atoms with E-state index in [4.69, 9.17) is 23.2 Å². The van der Waals surface area contributed by atoms with E-state index in [1.807, 2.05) is 36.1 Å². The molecular weight excluding hydrogens is 359 g/mol. The lowest BCUT2D eigenvalue weighted by Gasteiger charge is -2.34. The number of piperazine rings is 1. The number of benzene rings is 1. The molecule has 7 heteroatoms. The van der Waals surface area contributed by atoms with Gasteiger partial charge in [-0.3, -0.25) is 9.88 Å². The zero-order chi connectivity index (χ0) is 17.8. The molecule has 0 spiro atoms. The molecule has 0 saturated carbocycles. The summed E-state index contributed by atoms with van der Waals surface area (Å²) in [5.74, 6) is 0. The minimum Gasteiger partial charge on any atom is -0.322 e. The number of urea groups is 1. The second kappa shape index (κ2) is 8.04. The van der Waals surface area contributed by atoms with E-state index < -0.39 is 0 Å². The van der Waals surface area contributed by atoms with Gasteiger partial charge in [-0.15, -0.1) is 0 Å². The van der Waals surface area contributed by atoms with Crippen molar-refractivity contribution in [3.05, 3.63) is 57.8 Å². The van der Waals surface area contributed by atoms with Crippen LogP contribution in [0.4, 0.5) is 10.5 Å². The van der Waals surface area contributed by atoms with Crippen molar-refractivity contribution in [2.24, 2.45) is 0 Å². The van der Waals surface area contributed by atoms with Crippen LogP contribution in [0, 0.1) is 6.92 Å². The van der Waals surface area contributed by atoms with E-state index in [2.05, 4.69) is 15.2 Å². The van der Waals surface area contributed by atoms with Gasteiger partial charge in [-0.05, 0) is 36.8 Å². The van der Waals surface area contributed by atoms with Crippen LogP contribution in [-0.4, -0.2) is 47.0 Å². The third kappa shape index (κ3) is 4.63. The highest BCUT2D eigenvalue weighted by Gasteiger charge is 2.22. The summed E-state index contributed by atoms with van der Waals surface area (Å²) >= 11 is 12.3. The molecule has 2 aromatic rings. The van der Waals surface area contributed by atoms with E-state index in [9.17, 15) is 4.79 Å². The maximum atomic E-state index is 12.4. The van der Waals surface area contributed by atoms with Crippen LogP contribution in [0.15, 0.2) is 36.5 Å². The highest BCUT2D eigenvalue weighted by Crippen LogP contribution is 2.20. The zero-order valence-electron chi connectivity index (χ0n) is 14.0. The van der Waals surface area contributed by atoms with Crippen LogP contribution in [0.3, 0.4) is 0 Å². The summed E-state index contributed by atoms with van der Waals surface area (Å²) in [7, 11) is 0. The fraction of sp³-hybridized carbons (Fsp3) is 0.333. The Hall–Kier alpha value is -1.82. The third-order valence-electron chi connectivity index (χ3n) is 4.29. The molecule has 3 rings (SSSR count). The number of carbonyl (C=O) groups is 1. The van der Waals surface area contributed by atoms with Crippen molar-refractivity contribution in [3.8, 4) is 0 Å². The first kappa shape index (κ1) is 18.0. The summed E-state index contributed by atoms with van der Waals surface area (Å²) in [5, 5.41) is 4.23. The van der Waals surface area contributed by atoms with E-state index in [0.29, 0.717) is 35.4 Å². The molecule has 1 aromatic carbocycles. The van der Waals surface area contributed by atoms with Crippen LogP contribution in [0.5, 0.6) is 0 Å². The fourth-order valence-corrected chi connectivity index (χ4v) is 3.09. The van der Waals surface area contributed by atoms with E-state index in [0.717, 1.165) is 24.3 Å². The van der Waals surface area contributed by atoms with Gasteiger partial charge in [0.1, 0.15) is 0 Å². The van der Waals surface area contributed by atoms with Crippen LogP contribution in [0.25, 0.3) is 0 Å². The number of hydrogen-bond donors (Lipinski definition) is 1. The normalized spacial score (nSPS) is 15.2. The van der Waals surface area contributed by atoms with Crippen molar-refractivity contribution < 1.29 is 4.79 Å². The van der Waals surface area contributed by atoms with Crippen LogP contribution >= 0.6 is 23.2 Å². The first-order chi connectivity index (χ1) is 12.0. The number of nitrogens with one attached hydrogen (secondary N) is 1. The molecule has 2 heterocycles. The number of carbonyl (C=O) groups excluding carboxylic acids is 1. The van der Waals surface area contributed by atoms with Crippen molar-refractivity contribution in [1.82, 2.24) is 14.8 Å². The van der Waals surface area contributed by atoms with E-state index >= 15 is 0 Å². The van der Waals surface area contributed by atoms with E-state index in [1.54, 1.807) is 12.3 Å². The summed E-state index contributed by atoms with van der Waals surface area (Å²) in [6.07, 6.45) is 1.75. The average molecular weight is 379 g/mol. The Labute approximate surface area is 157 Å². The largest absolute Gasteiger partial charge is 0.322 e. The van der Waals surface area contributed by atoms with Crippen molar-refractivity contribution in [2.45, 2.75) is 13.5 Å². The van der Waals surface area contributed by atoms with Crippen LogP contribution in [0.2, 0.25) is 10.0 Å². The highest BCUT2D eigenvalue weighted by molar-refractivity contribution is 6.31. The van der Waals surface area contributed by atoms with Crippen molar-refractivity contribution in [2.75, 3.05) is 31.5 Å². The minimum absolute atomic E-state index is 0.101. The standard InChI is InChI=1S/C18H20Cl2N4O/c1-13-4-5-14(11-16(13)20)22-18(25)24-9-7-23(8-10-24)12-17-15(19)3-2-6-21-17/h2-6,11H,7-10,12H2,1H3,(H,22,25). The number of anilines is 1. The molecule has 1 aliphatic heterocycles. The summed E-state index contributed by atoms with van der Waals surface area (Å²) in [5.41, 5.74) is 2.57. The van der Waals surface area contributed by atoms with E-state index in [1.165, 1.54) is 0 Å². The third-order valence-corrected chi connectivity index (χ3v) is 5.04. The van der Waals surface area contributed by atoms with Gasteiger partial charge in [0.15, 0.2) is 0 Å². The second-order valence-electron chi connectivity index (χ2n) is 6.09. The number of aryl methyl sites for hydroxylation is 1. The molecule has 1 saturated heterocycles. The summed E-state index contributed by atoms with van der Waals surface area (Å²) in [6, 6.07) is 9.10. The summed E-state index contributed by atoms with van der Waals surface area (Å²) < 4.78 is 0. The van der Waals surface area contributed by atoms with Gasteiger partial charge in [0.2, 0.25) is 0 Å². The van der Waals surface area contributed by atoms with Crippen molar-refractivity contribution >= 4 is 34.9 Å². The lowest BCUT2D eigenvalue weighted by Crippen LogP contribution is -2.49. The first-order valence-corrected chi connectivity index (χ1v) is 8.92. The molecule has 1 fully saturated rings. The van der Waals surface area contributed by atoms with Gasteiger partial charge in [0.25, 0.3) is 0 Å². The van der Waals surface area contributed by atoms with Crippen LogP contribution in [-0.2, 0) is 6.54 Å². The number of rotatable bonds is 3. The number of hydrogen-bond acceptors (Lipinski definition) is 3. The topological polar surface area (TPSA) is 48.5 Å². The lowest BCUT2D eigenvalue weighted by atomic mass is 10.2. The fourth-order valence-electron chi connectivity index (χ4n) is 2.73. The van der Waals surface area contributed by atoms with Gasteiger partial charge in [-0.2, -0.15) is 0 Å². The number of aromatic nitrogens is 1. The predicted octanol–water partition coefficient (Wildman–Crippen LogP) is 4.05. The minimum atomic E-state index is -0.101. The van der Waals surface area contributed by atoms with Gasteiger partial charge in [-0.25, -0.2) is 4.79 Å². The monoisotopic (exact) mass is 378 g/mol.